The van der Waals surface area contributed by atoms with E-state index >= 15 is 0 Å². The molecular formula is C20H33N5O. The van der Waals surface area contributed by atoms with Gasteiger partial charge in [0.05, 0.1) is 13.3 Å². The van der Waals surface area contributed by atoms with Crippen molar-refractivity contribution < 1.29 is 4.74 Å². The van der Waals surface area contributed by atoms with Gasteiger partial charge in [-0.25, -0.2) is 5.43 Å². The number of nitrogens with one attached hydrogen (secondary N) is 1. The van der Waals surface area contributed by atoms with E-state index in [-0.39, 0.29) is 0 Å². The number of ether oxygens (including phenoxy) is 1. The molecule has 1 aromatic rings. The fourth-order valence-corrected chi connectivity index (χ4v) is 1.78. The molecule has 0 aliphatic heterocycles. The number of guanidine groups is 1. The number of nitrogen functional groups attached to an aromatic ring is 1. The molecule has 0 aliphatic carbocycles. The van der Waals surface area contributed by atoms with Gasteiger partial charge in [-0.05, 0) is 44.0 Å². The van der Waals surface area contributed by atoms with Gasteiger partial charge in [0, 0.05) is 17.8 Å². The molecule has 0 bridgehead atoms. The number of rotatable bonds is 8. The van der Waals surface area contributed by atoms with Crippen LogP contribution in [0.2, 0.25) is 0 Å². The Morgan fingerprint density at radius 2 is 1.96 bits per heavy atom. The Morgan fingerprint density at radius 3 is 2.54 bits per heavy atom. The third-order valence-electron chi connectivity index (χ3n) is 3.38. The largest absolute Gasteiger partial charge is 0.497 e. The lowest BCUT2D eigenvalue weighted by atomic mass is 10.1. The predicted molar refractivity (Wildman–Crippen MR) is 115 cm³/mol. The van der Waals surface area contributed by atoms with E-state index in [0.717, 1.165) is 24.8 Å². The van der Waals surface area contributed by atoms with Gasteiger partial charge < -0.3 is 16.2 Å². The molecule has 0 heterocycles. The van der Waals surface area contributed by atoms with Crippen LogP contribution in [-0.4, -0.2) is 25.8 Å². The van der Waals surface area contributed by atoms with Crippen LogP contribution in [0.4, 0.5) is 5.69 Å². The van der Waals surface area contributed by atoms with Gasteiger partial charge in [0.2, 0.25) is 5.96 Å². The summed E-state index contributed by atoms with van der Waals surface area (Å²) in [5.74, 6) is 1.00. The monoisotopic (exact) mass is 359 g/mol. The zero-order valence-corrected chi connectivity index (χ0v) is 16.5. The molecule has 0 aromatic heterocycles. The lowest BCUT2D eigenvalue weighted by molar-refractivity contribution is 0.415. The predicted octanol–water partition coefficient (Wildman–Crippen LogP) is 3.95. The van der Waals surface area contributed by atoms with Gasteiger partial charge in [-0.1, -0.05) is 38.5 Å². The second kappa shape index (κ2) is 14.6. The Kier molecular flexibility index (Phi) is 13.0. The van der Waals surface area contributed by atoms with Crippen LogP contribution in [0.15, 0.2) is 47.0 Å². The molecule has 6 heteroatoms. The summed E-state index contributed by atoms with van der Waals surface area (Å²) in [6.07, 6.45) is 8.88. The highest BCUT2D eigenvalue weighted by atomic mass is 16.5. The first-order chi connectivity index (χ1) is 12.5. The van der Waals surface area contributed by atoms with E-state index < -0.39 is 0 Å². The van der Waals surface area contributed by atoms with Gasteiger partial charge in [0.25, 0.3) is 0 Å². The summed E-state index contributed by atoms with van der Waals surface area (Å²) >= 11 is 0. The van der Waals surface area contributed by atoms with Crippen molar-refractivity contribution in [2.24, 2.45) is 15.8 Å². The highest BCUT2D eigenvalue weighted by molar-refractivity contribution is 6.11. The third kappa shape index (κ3) is 10.2. The number of unbranched alkanes of at least 4 members (excludes halogenated alkanes) is 2. The number of nitrogens with two attached hydrogens (primary N) is 2. The summed E-state index contributed by atoms with van der Waals surface area (Å²) in [4.78, 5) is 4.17. The number of aliphatic imine (C=N–C) groups is 1. The smallest absolute Gasteiger partial charge is 0.209 e. The quantitative estimate of drug-likeness (QED) is 0.163. The lowest BCUT2D eigenvalue weighted by Gasteiger charge is -2.07. The van der Waals surface area contributed by atoms with Crippen LogP contribution in [0, 0.1) is 0 Å². The molecule has 1 rings (SSSR count). The first kappa shape index (κ1) is 23.2. The molecule has 6 nitrogen and oxygen atoms in total. The van der Waals surface area contributed by atoms with Crippen LogP contribution in [0.5, 0.6) is 5.75 Å². The van der Waals surface area contributed by atoms with Crippen LogP contribution in [0.1, 0.15) is 45.6 Å². The first-order valence-electron chi connectivity index (χ1n) is 8.79. The molecule has 0 unspecified atom stereocenters. The molecule has 144 valence electrons. The van der Waals surface area contributed by atoms with E-state index in [9.17, 15) is 0 Å². The van der Waals surface area contributed by atoms with Crippen molar-refractivity contribution in [3.63, 3.8) is 0 Å². The molecule has 0 saturated heterocycles. The van der Waals surface area contributed by atoms with E-state index in [0.29, 0.717) is 29.5 Å². The van der Waals surface area contributed by atoms with E-state index in [4.69, 9.17) is 16.2 Å². The van der Waals surface area contributed by atoms with Crippen molar-refractivity contribution in [3.8, 4) is 5.75 Å². The number of nitrogens with zero attached hydrogens (tertiary/aromatic N) is 2. The first-order valence-corrected chi connectivity index (χ1v) is 8.79. The maximum absolute atomic E-state index is 5.92. The van der Waals surface area contributed by atoms with E-state index in [1.54, 1.807) is 25.5 Å². The van der Waals surface area contributed by atoms with Gasteiger partial charge in [-0.2, -0.15) is 5.10 Å². The molecule has 1 aromatic carbocycles. The summed E-state index contributed by atoms with van der Waals surface area (Å²) in [7, 11) is 1.60. The molecule has 0 aliphatic rings. The number of allylic oxidation sites excluding steroid dienone is 3. The molecule has 0 amide bonds. The van der Waals surface area contributed by atoms with Crippen LogP contribution >= 0.6 is 0 Å². The molecule has 26 heavy (non-hydrogen) atoms. The van der Waals surface area contributed by atoms with Crippen LogP contribution < -0.4 is 21.6 Å². The van der Waals surface area contributed by atoms with Crippen molar-refractivity contribution in [2.45, 2.75) is 40.0 Å². The number of anilines is 1. The van der Waals surface area contributed by atoms with Crippen molar-refractivity contribution >= 4 is 23.4 Å². The number of methoxy groups -OCH3 is 1. The average molecular weight is 360 g/mol. The normalized spacial score (nSPS) is 11.3. The SMILES string of the molecule is C/C=C\C.C=C(/C=N/NC(N)=NCCCCC)c1cc(OC)ccc1N. The second-order valence-corrected chi connectivity index (χ2v) is 5.49. The topological polar surface area (TPSA) is 98.0 Å². The number of benzene rings is 1. The average Bonchev–Trinajstić information content (AvgIpc) is 2.65. The molecule has 0 atom stereocenters. The van der Waals surface area contributed by atoms with Crippen molar-refractivity contribution in [3.05, 3.63) is 42.5 Å². The summed E-state index contributed by atoms with van der Waals surface area (Å²) in [5.41, 5.74) is 16.3. The summed E-state index contributed by atoms with van der Waals surface area (Å²) in [6, 6.07) is 5.37. The van der Waals surface area contributed by atoms with E-state index in [2.05, 4.69) is 29.0 Å². The Balaban J connectivity index is 0.00000141. The Hall–Kier alpha value is -2.76. The maximum atomic E-state index is 5.92. The molecule has 0 saturated carbocycles. The lowest BCUT2D eigenvalue weighted by Crippen LogP contribution is -2.27. The molecule has 0 spiro atoms. The number of hydrogen-bond acceptors (Lipinski definition) is 4. The van der Waals surface area contributed by atoms with Crippen molar-refractivity contribution in [2.75, 3.05) is 19.4 Å². The van der Waals surface area contributed by atoms with E-state index in [1.807, 2.05) is 32.1 Å². The minimum Gasteiger partial charge on any atom is -0.497 e. The van der Waals surface area contributed by atoms with Gasteiger partial charge in [-0.15, -0.1) is 0 Å². The third-order valence-corrected chi connectivity index (χ3v) is 3.38. The second-order valence-electron chi connectivity index (χ2n) is 5.49. The Bertz CT molecular complexity index is 617. The molecule has 0 radical (unpaired) electrons. The van der Waals surface area contributed by atoms with Gasteiger partial charge >= 0.3 is 0 Å². The molecule has 0 fully saturated rings. The van der Waals surface area contributed by atoms with Gasteiger partial charge in [0.15, 0.2) is 0 Å². The standard InChI is InChI=1S/C16H25N5O.C4H8/c1-4-5-6-9-19-16(18)21-20-11-12(2)14-10-13(22-3)7-8-15(14)17;1-3-4-2/h7-8,10-11H,2,4-6,9,17H2,1,3H3,(H3,18,19,21);3-4H,1-2H3/b20-11+;4-3-. The summed E-state index contributed by atoms with van der Waals surface area (Å²) < 4.78 is 5.17. The summed E-state index contributed by atoms with van der Waals surface area (Å²) in [5, 5.41) is 4.02. The minimum atomic E-state index is 0.291. The maximum Gasteiger partial charge on any atom is 0.209 e. The highest BCUT2D eigenvalue weighted by Crippen LogP contribution is 2.24. The summed E-state index contributed by atoms with van der Waals surface area (Å²) in [6.45, 7) is 10.8. The van der Waals surface area contributed by atoms with E-state index in [1.165, 1.54) is 0 Å². The highest BCUT2D eigenvalue weighted by Gasteiger charge is 2.04. The van der Waals surface area contributed by atoms with Crippen molar-refractivity contribution in [1.29, 1.82) is 0 Å². The fraction of sp³-hybridized carbons (Fsp3) is 0.400. The van der Waals surface area contributed by atoms with Crippen LogP contribution in [-0.2, 0) is 0 Å². The van der Waals surface area contributed by atoms with Crippen LogP contribution in [0.25, 0.3) is 5.57 Å². The Labute approximate surface area is 157 Å². The zero-order chi connectivity index (χ0) is 19.8. The molecular weight excluding hydrogens is 326 g/mol. The Morgan fingerprint density at radius 1 is 1.27 bits per heavy atom. The van der Waals surface area contributed by atoms with Gasteiger partial charge in [0.1, 0.15) is 5.75 Å². The van der Waals surface area contributed by atoms with Crippen LogP contribution in [0.3, 0.4) is 0 Å². The number of hydrogen-bond donors (Lipinski definition) is 3. The van der Waals surface area contributed by atoms with Crippen molar-refractivity contribution in [1.82, 2.24) is 5.43 Å². The fourth-order valence-electron chi connectivity index (χ4n) is 1.78. The minimum absolute atomic E-state index is 0.291. The number of hydrazone groups is 1. The zero-order valence-electron chi connectivity index (χ0n) is 16.5. The van der Waals surface area contributed by atoms with Gasteiger partial charge in [-0.3, -0.25) is 4.99 Å². The molecule has 5 N–H and O–H groups in total.